The van der Waals surface area contributed by atoms with Gasteiger partial charge < -0.3 is 10.4 Å². The van der Waals surface area contributed by atoms with E-state index in [1.807, 2.05) is 0 Å². The lowest BCUT2D eigenvalue weighted by molar-refractivity contribution is 0.0524. The molecule has 0 saturated carbocycles. The van der Waals surface area contributed by atoms with E-state index in [9.17, 15) is 9.90 Å². The van der Waals surface area contributed by atoms with Gasteiger partial charge in [0.1, 0.15) is 16.4 Å². The van der Waals surface area contributed by atoms with E-state index in [-0.39, 0.29) is 17.4 Å². The minimum Gasteiger partial charge on any atom is -0.383 e. The number of aryl methyl sites for hydroxylation is 1. The lowest BCUT2D eigenvalue weighted by Crippen LogP contribution is -2.38. The van der Waals surface area contributed by atoms with Crippen LogP contribution < -0.4 is 5.32 Å². The van der Waals surface area contributed by atoms with Crippen molar-refractivity contribution in [2.24, 2.45) is 7.05 Å². The standard InChI is InChI=1S/C13H15ClN4O2/c1-13(20,9-6-16-18(2)7-9)8-15-12(19)10-4-3-5-11(14)17-10/h3-7,20H,8H2,1-2H3,(H,15,19). The Morgan fingerprint density at radius 1 is 1.55 bits per heavy atom. The van der Waals surface area contributed by atoms with Crippen molar-refractivity contribution < 1.29 is 9.90 Å². The van der Waals surface area contributed by atoms with Gasteiger partial charge in [-0.05, 0) is 19.1 Å². The summed E-state index contributed by atoms with van der Waals surface area (Å²) in [4.78, 5) is 15.8. The number of hydrogen-bond donors (Lipinski definition) is 2. The van der Waals surface area contributed by atoms with Crippen LogP contribution in [0.3, 0.4) is 0 Å². The molecule has 1 amide bonds. The lowest BCUT2D eigenvalue weighted by atomic mass is 10.00. The van der Waals surface area contributed by atoms with E-state index in [2.05, 4.69) is 15.4 Å². The highest BCUT2D eigenvalue weighted by molar-refractivity contribution is 6.29. The van der Waals surface area contributed by atoms with Crippen LogP contribution in [-0.2, 0) is 12.6 Å². The van der Waals surface area contributed by atoms with Gasteiger partial charge in [-0.25, -0.2) is 4.98 Å². The van der Waals surface area contributed by atoms with Crippen LogP contribution in [0, 0.1) is 0 Å². The maximum Gasteiger partial charge on any atom is 0.270 e. The fraction of sp³-hybridized carbons (Fsp3) is 0.308. The number of amides is 1. The van der Waals surface area contributed by atoms with Crippen LogP contribution in [0.5, 0.6) is 0 Å². The summed E-state index contributed by atoms with van der Waals surface area (Å²) in [5, 5.41) is 17.2. The fourth-order valence-corrected chi connectivity index (χ4v) is 1.84. The number of rotatable bonds is 4. The summed E-state index contributed by atoms with van der Waals surface area (Å²) in [7, 11) is 1.76. The van der Waals surface area contributed by atoms with Crippen molar-refractivity contribution in [3.8, 4) is 0 Å². The Bertz CT molecular complexity index is 624. The summed E-state index contributed by atoms with van der Waals surface area (Å²) in [6.45, 7) is 1.65. The van der Waals surface area contributed by atoms with Gasteiger partial charge in [0.05, 0.1) is 12.7 Å². The third-order valence-corrected chi connectivity index (χ3v) is 3.08. The van der Waals surface area contributed by atoms with Gasteiger partial charge in [0.2, 0.25) is 0 Å². The second kappa shape index (κ2) is 5.60. The zero-order valence-corrected chi connectivity index (χ0v) is 11.9. The smallest absolute Gasteiger partial charge is 0.270 e. The predicted octanol–water partition coefficient (Wildman–Crippen LogP) is 1.11. The van der Waals surface area contributed by atoms with Crippen molar-refractivity contribution in [1.82, 2.24) is 20.1 Å². The predicted molar refractivity (Wildman–Crippen MR) is 74.4 cm³/mol. The number of hydrogen-bond acceptors (Lipinski definition) is 4. The number of carbonyl (C=O) groups excluding carboxylic acids is 1. The zero-order chi connectivity index (χ0) is 14.8. The van der Waals surface area contributed by atoms with Gasteiger partial charge in [-0.2, -0.15) is 5.10 Å². The van der Waals surface area contributed by atoms with Crippen LogP contribution in [0.15, 0.2) is 30.6 Å². The van der Waals surface area contributed by atoms with Crippen molar-refractivity contribution in [1.29, 1.82) is 0 Å². The van der Waals surface area contributed by atoms with E-state index >= 15 is 0 Å². The zero-order valence-electron chi connectivity index (χ0n) is 11.2. The molecule has 2 rings (SSSR count). The summed E-state index contributed by atoms with van der Waals surface area (Å²) in [6, 6.07) is 4.79. The molecule has 1 atom stereocenters. The number of nitrogens with one attached hydrogen (secondary N) is 1. The maximum atomic E-state index is 11.9. The first-order valence-corrected chi connectivity index (χ1v) is 6.38. The molecule has 106 valence electrons. The van der Waals surface area contributed by atoms with Crippen LogP contribution in [0.1, 0.15) is 23.0 Å². The summed E-state index contributed by atoms with van der Waals surface area (Å²) >= 11 is 5.73. The largest absolute Gasteiger partial charge is 0.383 e. The molecular formula is C13H15ClN4O2. The SMILES string of the molecule is Cn1cc(C(C)(O)CNC(=O)c2cccc(Cl)n2)cn1. The molecule has 0 saturated heterocycles. The minimum atomic E-state index is -1.21. The van der Waals surface area contributed by atoms with E-state index in [1.165, 1.54) is 0 Å². The van der Waals surface area contributed by atoms with Gasteiger partial charge in [-0.1, -0.05) is 17.7 Å². The van der Waals surface area contributed by atoms with Crippen LogP contribution in [0.2, 0.25) is 5.15 Å². The first-order chi connectivity index (χ1) is 9.38. The van der Waals surface area contributed by atoms with Crippen molar-refractivity contribution in [2.75, 3.05) is 6.54 Å². The lowest BCUT2D eigenvalue weighted by Gasteiger charge is -2.22. The number of carbonyl (C=O) groups is 1. The molecule has 0 aliphatic heterocycles. The highest BCUT2D eigenvalue weighted by atomic mass is 35.5. The summed E-state index contributed by atoms with van der Waals surface area (Å²) in [5.74, 6) is -0.392. The van der Waals surface area contributed by atoms with E-state index in [4.69, 9.17) is 11.6 Å². The molecule has 20 heavy (non-hydrogen) atoms. The van der Waals surface area contributed by atoms with E-state index < -0.39 is 11.5 Å². The third kappa shape index (κ3) is 3.34. The van der Waals surface area contributed by atoms with Gasteiger partial charge in [0.15, 0.2) is 0 Å². The molecule has 2 aromatic rings. The number of pyridine rings is 1. The Morgan fingerprint density at radius 2 is 2.30 bits per heavy atom. The van der Waals surface area contributed by atoms with E-state index in [0.717, 1.165) is 0 Å². The second-order valence-electron chi connectivity index (χ2n) is 4.70. The molecule has 0 fully saturated rings. The maximum absolute atomic E-state index is 11.9. The van der Waals surface area contributed by atoms with E-state index in [0.29, 0.717) is 5.56 Å². The molecule has 1 unspecified atom stereocenters. The Balaban J connectivity index is 2.03. The minimum absolute atomic E-state index is 0.0473. The number of nitrogens with zero attached hydrogens (tertiary/aromatic N) is 3. The van der Waals surface area contributed by atoms with Gasteiger partial charge in [0.25, 0.3) is 5.91 Å². The number of halogens is 1. The molecule has 2 heterocycles. The Hall–Kier alpha value is -1.92. The average molecular weight is 295 g/mol. The molecule has 0 bridgehead atoms. The summed E-state index contributed by atoms with van der Waals surface area (Å²) < 4.78 is 1.59. The van der Waals surface area contributed by atoms with Crippen LogP contribution in [0.4, 0.5) is 0 Å². The van der Waals surface area contributed by atoms with Gasteiger partial charge in [-0.15, -0.1) is 0 Å². The van der Waals surface area contributed by atoms with Crippen molar-refractivity contribution >= 4 is 17.5 Å². The molecule has 0 radical (unpaired) electrons. The first-order valence-electron chi connectivity index (χ1n) is 6.01. The molecule has 0 aliphatic carbocycles. The van der Waals surface area contributed by atoms with Crippen molar-refractivity contribution in [3.05, 3.63) is 47.0 Å². The molecular weight excluding hydrogens is 280 g/mol. The Labute approximate surface area is 121 Å². The molecule has 0 aromatic carbocycles. The molecule has 6 nitrogen and oxygen atoms in total. The van der Waals surface area contributed by atoms with Crippen molar-refractivity contribution in [3.63, 3.8) is 0 Å². The highest BCUT2D eigenvalue weighted by Gasteiger charge is 2.25. The average Bonchev–Trinajstić information content (AvgIpc) is 2.83. The molecule has 0 aliphatic rings. The summed E-state index contributed by atoms with van der Waals surface area (Å²) in [6.07, 6.45) is 3.26. The Morgan fingerprint density at radius 3 is 2.90 bits per heavy atom. The normalized spacial score (nSPS) is 13.8. The monoisotopic (exact) mass is 294 g/mol. The fourth-order valence-electron chi connectivity index (χ4n) is 1.68. The van der Waals surface area contributed by atoms with Crippen molar-refractivity contribution in [2.45, 2.75) is 12.5 Å². The molecule has 0 spiro atoms. The molecule has 2 N–H and O–H groups in total. The topological polar surface area (TPSA) is 80.0 Å². The van der Waals surface area contributed by atoms with Crippen LogP contribution in [-0.4, -0.2) is 32.3 Å². The highest BCUT2D eigenvalue weighted by Crippen LogP contribution is 2.18. The first kappa shape index (κ1) is 14.5. The number of aromatic nitrogens is 3. The van der Waals surface area contributed by atoms with Gasteiger partial charge >= 0.3 is 0 Å². The van der Waals surface area contributed by atoms with Gasteiger partial charge in [0, 0.05) is 18.8 Å². The van der Waals surface area contributed by atoms with Crippen LogP contribution >= 0.6 is 11.6 Å². The quantitative estimate of drug-likeness (QED) is 0.828. The summed E-state index contributed by atoms with van der Waals surface area (Å²) in [5.41, 5.74) is -0.374. The third-order valence-electron chi connectivity index (χ3n) is 2.87. The van der Waals surface area contributed by atoms with Crippen LogP contribution in [0.25, 0.3) is 0 Å². The molecule has 7 heteroatoms. The van der Waals surface area contributed by atoms with E-state index in [1.54, 1.807) is 49.2 Å². The molecule has 2 aromatic heterocycles. The number of aliphatic hydroxyl groups is 1. The second-order valence-corrected chi connectivity index (χ2v) is 5.09. The van der Waals surface area contributed by atoms with Gasteiger partial charge in [-0.3, -0.25) is 9.48 Å². The Kier molecular flexibility index (Phi) is 4.06.